The SMILES string of the molecule is C[C@@H](Sc1nnc(C2CC2)o1)c1cccc([N+](=O)[O-])c1. The van der Waals surface area contributed by atoms with Gasteiger partial charge >= 0.3 is 0 Å². The van der Waals surface area contributed by atoms with Crippen molar-refractivity contribution in [3.05, 3.63) is 45.8 Å². The van der Waals surface area contributed by atoms with E-state index in [1.165, 1.54) is 17.8 Å². The number of nitrogens with zero attached hydrogens (tertiary/aromatic N) is 3. The summed E-state index contributed by atoms with van der Waals surface area (Å²) < 4.78 is 5.58. The van der Waals surface area contributed by atoms with E-state index in [-0.39, 0.29) is 10.9 Å². The van der Waals surface area contributed by atoms with Crippen molar-refractivity contribution in [1.82, 2.24) is 10.2 Å². The van der Waals surface area contributed by atoms with Crippen LogP contribution in [0.5, 0.6) is 0 Å². The summed E-state index contributed by atoms with van der Waals surface area (Å²) in [5, 5.41) is 19.4. The minimum Gasteiger partial charge on any atom is -0.416 e. The molecule has 1 aromatic carbocycles. The van der Waals surface area contributed by atoms with Crippen LogP contribution >= 0.6 is 11.8 Å². The number of hydrogen-bond acceptors (Lipinski definition) is 6. The van der Waals surface area contributed by atoms with Crippen molar-refractivity contribution < 1.29 is 9.34 Å². The van der Waals surface area contributed by atoms with Crippen LogP contribution in [-0.2, 0) is 0 Å². The van der Waals surface area contributed by atoms with Crippen LogP contribution in [0.2, 0.25) is 0 Å². The van der Waals surface area contributed by atoms with Crippen LogP contribution in [-0.4, -0.2) is 15.1 Å². The first-order valence-electron chi connectivity index (χ1n) is 6.38. The number of thioether (sulfide) groups is 1. The molecule has 1 aliphatic carbocycles. The van der Waals surface area contributed by atoms with E-state index in [1.807, 2.05) is 13.0 Å². The topological polar surface area (TPSA) is 82.1 Å². The van der Waals surface area contributed by atoms with Crippen molar-refractivity contribution in [3.8, 4) is 0 Å². The van der Waals surface area contributed by atoms with Gasteiger partial charge in [0.2, 0.25) is 5.89 Å². The van der Waals surface area contributed by atoms with Gasteiger partial charge in [-0.15, -0.1) is 10.2 Å². The molecule has 1 heterocycles. The molecule has 3 rings (SSSR count). The zero-order chi connectivity index (χ0) is 14.1. The van der Waals surface area contributed by atoms with Crippen LogP contribution in [0, 0.1) is 10.1 Å². The first kappa shape index (κ1) is 13.1. The molecular formula is C13H13N3O3S. The number of benzene rings is 1. The molecule has 2 aromatic rings. The first-order chi connectivity index (χ1) is 9.63. The molecule has 0 aliphatic heterocycles. The minimum atomic E-state index is -0.390. The lowest BCUT2D eigenvalue weighted by Crippen LogP contribution is -1.92. The van der Waals surface area contributed by atoms with Crippen molar-refractivity contribution in [2.45, 2.75) is 36.2 Å². The van der Waals surface area contributed by atoms with Crippen LogP contribution in [0.1, 0.15) is 42.4 Å². The number of aromatic nitrogens is 2. The molecule has 0 unspecified atom stereocenters. The van der Waals surface area contributed by atoms with E-state index in [9.17, 15) is 10.1 Å². The van der Waals surface area contributed by atoms with Gasteiger partial charge in [0.1, 0.15) is 0 Å². The largest absolute Gasteiger partial charge is 0.416 e. The third-order valence-electron chi connectivity index (χ3n) is 3.18. The van der Waals surface area contributed by atoms with Crippen LogP contribution in [0.15, 0.2) is 33.9 Å². The third kappa shape index (κ3) is 2.82. The van der Waals surface area contributed by atoms with Gasteiger partial charge in [-0.1, -0.05) is 23.9 Å². The molecule has 0 spiro atoms. The van der Waals surface area contributed by atoms with Crippen molar-refractivity contribution in [1.29, 1.82) is 0 Å². The molecule has 1 aromatic heterocycles. The molecule has 20 heavy (non-hydrogen) atoms. The Labute approximate surface area is 119 Å². The summed E-state index contributed by atoms with van der Waals surface area (Å²) in [6.45, 7) is 1.96. The quantitative estimate of drug-likeness (QED) is 0.474. The zero-order valence-electron chi connectivity index (χ0n) is 10.9. The fourth-order valence-electron chi connectivity index (χ4n) is 1.87. The second-order valence-corrected chi connectivity index (χ2v) is 6.08. The molecule has 1 atom stereocenters. The first-order valence-corrected chi connectivity index (χ1v) is 7.26. The van der Waals surface area contributed by atoms with E-state index in [0.717, 1.165) is 18.4 Å². The molecule has 0 saturated heterocycles. The van der Waals surface area contributed by atoms with E-state index in [4.69, 9.17) is 4.42 Å². The summed E-state index contributed by atoms with van der Waals surface area (Å²) in [7, 11) is 0. The Balaban J connectivity index is 1.72. The maximum atomic E-state index is 10.8. The molecule has 0 amide bonds. The van der Waals surface area contributed by atoms with Gasteiger partial charge < -0.3 is 4.42 Å². The highest BCUT2D eigenvalue weighted by molar-refractivity contribution is 7.99. The van der Waals surface area contributed by atoms with Gasteiger partial charge in [0.15, 0.2) is 0 Å². The second-order valence-electron chi connectivity index (χ2n) is 4.79. The van der Waals surface area contributed by atoms with Crippen molar-refractivity contribution >= 4 is 17.4 Å². The predicted octanol–water partition coefficient (Wildman–Crippen LogP) is 3.71. The average molecular weight is 291 g/mol. The molecule has 1 saturated carbocycles. The molecule has 104 valence electrons. The molecule has 7 heteroatoms. The number of nitro benzene ring substituents is 1. The molecule has 0 N–H and O–H groups in total. The van der Waals surface area contributed by atoms with E-state index < -0.39 is 4.92 Å². The Bertz CT molecular complexity index is 639. The number of non-ortho nitro benzene ring substituents is 1. The summed E-state index contributed by atoms with van der Waals surface area (Å²) >= 11 is 1.42. The highest BCUT2D eigenvalue weighted by atomic mass is 32.2. The van der Waals surface area contributed by atoms with E-state index in [0.29, 0.717) is 17.0 Å². The Hall–Kier alpha value is -1.89. The smallest absolute Gasteiger partial charge is 0.277 e. The van der Waals surface area contributed by atoms with Gasteiger partial charge in [0.05, 0.1) is 4.92 Å². The van der Waals surface area contributed by atoms with E-state index in [2.05, 4.69) is 10.2 Å². The number of hydrogen-bond donors (Lipinski definition) is 0. The molecule has 0 bridgehead atoms. The minimum absolute atomic E-state index is 0.0161. The van der Waals surface area contributed by atoms with Crippen molar-refractivity contribution in [3.63, 3.8) is 0 Å². The van der Waals surface area contributed by atoms with Crippen LogP contribution < -0.4 is 0 Å². The Kier molecular flexibility index (Phi) is 3.43. The summed E-state index contributed by atoms with van der Waals surface area (Å²) in [6, 6.07) is 6.62. The third-order valence-corrected chi connectivity index (χ3v) is 4.17. The Morgan fingerprint density at radius 2 is 2.25 bits per heavy atom. The Morgan fingerprint density at radius 1 is 1.45 bits per heavy atom. The highest BCUT2D eigenvalue weighted by Gasteiger charge is 2.29. The highest BCUT2D eigenvalue weighted by Crippen LogP contribution is 2.41. The number of nitro groups is 1. The lowest BCUT2D eigenvalue weighted by Gasteiger charge is -2.08. The molecule has 0 radical (unpaired) electrons. The lowest BCUT2D eigenvalue weighted by atomic mass is 10.1. The molecule has 1 fully saturated rings. The molecular weight excluding hydrogens is 278 g/mol. The molecule has 6 nitrogen and oxygen atoms in total. The van der Waals surface area contributed by atoms with Gasteiger partial charge in [-0.05, 0) is 25.3 Å². The van der Waals surface area contributed by atoms with Crippen LogP contribution in [0.3, 0.4) is 0 Å². The van der Waals surface area contributed by atoms with Gasteiger partial charge in [0, 0.05) is 23.3 Å². The monoisotopic (exact) mass is 291 g/mol. The van der Waals surface area contributed by atoms with Gasteiger partial charge in [0.25, 0.3) is 10.9 Å². The van der Waals surface area contributed by atoms with Gasteiger partial charge in [-0.2, -0.15) is 0 Å². The normalized spacial score (nSPS) is 16.1. The lowest BCUT2D eigenvalue weighted by molar-refractivity contribution is -0.384. The average Bonchev–Trinajstić information content (AvgIpc) is 3.20. The summed E-state index contributed by atoms with van der Waals surface area (Å²) in [5.41, 5.74) is 0.967. The van der Waals surface area contributed by atoms with Crippen LogP contribution in [0.25, 0.3) is 0 Å². The van der Waals surface area contributed by atoms with Gasteiger partial charge in [-0.3, -0.25) is 10.1 Å². The van der Waals surface area contributed by atoms with E-state index >= 15 is 0 Å². The predicted molar refractivity (Wildman–Crippen MR) is 73.6 cm³/mol. The van der Waals surface area contributed by atoms with Gasteiger partial charge in [-0.25, -0.2) is 0 Å². The van der Waals surface area contributed by atoms with E-state index in [1.54, 1.807) is 12.1 Å². The fraction of sp³-hybridized carbons (Fsp3) is 0.385. The summed E-state index contributed by atoms with van der Waals surface area (Å²) in [6.07, 6.45) is 2.24. The molecule has 1 aliphatic rings. The summed E-state index contributed by atoms with van der Waals surface area (Å²) in [5.74, 6) is 1.14. The van der Waals surface area contributed by atoms with Crippen molar-refractivity contribution in [2.75, 3.05) is 0 Å². The van der Waals surface area contributed by atoms with Crippen LogP contribution in [0.4, 0.5) is 5.69 Å². The maximum absolute atomic E-state index is 10.8. The standard InChI is InChI=1S/C13H13N3O3S/c1-8(10-3-2-4-11(7-10)16(17)18)20-13-15-14-12(19-13)9-5-6-9/h2-4,7-9H,5-6H2,1H3/t8-/m1/s1. The van der Waals surface area contributed by atoms with Crippen molar-refractivity contribution in [2.24, 2.45) is 0 Å². The second kappa shape index (κ2) is 5.24. The fourth-order valence-corrected chi connectivity index (χ4v) is 2.68. The summed E-state index contributed by atoms with van der Waals surface area (Å²) in [4.78, 5) is 10.4. The zero-order valence-corrected chi connectivity index (χ0v) is 11.7. The number of rotatable bonds is 5. The Morgan fingerprint density at radius 3 is 2.95 bits per heavy atom. The maximum Gasteiger partial charge on any atom is 0.277 e.